The molecule has 0 bridgehead atoms. The first kappa shape index (κ1) is 25.3. The maximum absolute atomic E-state index is 12.1. The third-order valence-electron chi connectivity index (χ3n) is 4.43. The van der Waals surface area contributed by atoms with Crippen molar-refractivity contribution in [2.24, 2.45) is 0 Å². The molecule has 0 aromatic heterocycles. The van der Waals surface area contributed by atoms with Gasteiger partial charge in [0.25, 0.3) is 0 Å². The zero-order valence-corrected chi connectivity index (χ0v) is 19.7. The van der Waals surface area contributed by atoms with Gasteiger partial charge in [-0.05, 0) is 33.9 Å². The highest BCUT2D eigenvalue weighted by molar-refractivity contribution is 7.99. The van der Waals surface area contributed by atoms with Crippen molar-refractivity contribution in [2.45, 2.75) is 72.1 Å². The zero-order chi connectivity index (χ0) is 22.2. The number of rotatable bonds is 9. The number of aromatic hydroxyl groups is 1. The van der Waals surface area contributed by atoms with Crippen molar-refractivity contribution in [3.8, 4) is 5.75 Å². The standard InChI is InChI=1S/C23H36O5S/c1-16(24)27-10-12-29-13-11-28-20(25)9-8-17-14-18(22(2,3)4)21(26)19(15-17)23(5,6)7/h14-15,26H,8-13H2,1-7H3. The number of hydrogen-bond donors (Lipinski definition) is 1. The van der Waals surface area contributed by atoms with Gasteiger partial charge in [-0.25, -0.2) is 0 Å². The largest absolute Gasteiger partial charge is 0.507 e. The molecular formula is C23H36O5S. The summed E-state index contributed by atoms with van der Waals surface area (Å²) < 4.78 is 10.1. The molecule has 0 radical (unpaired) electrons. The van der Waals surface area contributed by atoms with Gasteiger partial charge in [0.1, 0.15) is 19.0 Å². The molecule has 0 heterocycles. The van der Waals surface area contributed by atoms with Gasteiger partial charge in [-0.15, -0.1) is 0 Å². The quantitative estimate of drug-likeness (QED) is 0.455. The van der Waals surface area contributed by atoms with Crippen LogP contribution in [-0.4, -0.2) is 41.8 Å². The van der Waals surface area contributed by atoms with Gasteiger partial charge in [-0.1, -0.05) is 53.7 Å². The molecule has 0 aliphatic rings. The van der Waals surface area contributed by atoms with E-state index >= 15 is 0 Å². The smallest absolute Gasteiger partial charge is 0.306 e. The molecule has 0 aliphatic carbocycles. The number of aryl methyl sites for hydroxylation is 1. The number of esters is 2. The number of benzene rings is 1. The van der Waals surface area contributed by atoms with Crippen LogP contribution in [0.3, 0.4) is 0 Å². The lowest BCUT2D eigenvalue weighted by Gasteiger charge is -2.28. The van der Waals surface area contributed by atoms with Crippen LogP contribution >= 0.6 is 11.8 Å². The summed E-state index contributed by atoms with van der Waals surface area (Å²) in [4.78, 5) is 22.7. The summed E-state index contributed by atoms with van der Waals surface area (Å²) >= 11 is 1.58. The number of ether oxygens (including phenoxy) is 2. The molecule has 0 spiro atoms. The van der Waals surface area contributed by atoms with Crippen molar-refractivity contribution >= 4 is 23.7 Å². The first-order valence-electron chi connectivity index (χ1n) is 10.1. The summed E-state index contributed by atoms with van der Waals surface area (Å²) in [6, 6.07) is 4.01. The number of hydrogen-bond acceptors (Lipinski definition) is 6. The lowest BCUT2D eigenvalue weighted by Crippen LogP contribution is -2.18. The van der Waals surface area contributed by atoms with Crippen LogP contribution in [0.15, 0.2) is 12.1 Å². The second-order valence-corrected chi connectivity index (χ2v) is 10.4. The summed E-state index contributed by atoms with van der Waals surface area (Å²) in [5, 5.41) is 10.8. The number of phenols is 1. The Kier molecular flexibility index (Phi) is 9.53. The van der Waals surface area contributed by atoms with Crippen molar-refractivity contribution < 1.29 is 24.2 Å². The van der Waals surface area contributed by atoms with Crippen LogP contribution < -0.4 is 0 Å². The molecule has 1 rings (SSSR count). The fraction of sp³-hybridized carbons (Fsp3) is 0.652. The van der Waals surface area contributed by atoms with Crippen LogP contribution in [0.5, 0.6) is 5.75 Å². The van der Waals surface area contributed by atoms with Crippen molar-refractivity contribution in [1.29, 1.82) is 0 Å². The van der Waals surface area contributed by atoms with E-state index < -0.39 is 0 Å². The summed E-state index contributed by atoms with van der Waals surface area (Å²) in [6.07, 6.45) is 0.876. The molecule has 6 heteroatoms. The summed E-state index contributed by atoms with van der Waals surface area (Å²) in [5.41, 5.74) is 2.45. The van der Waals surface area contributed by atoms with Crippen LogP contribution in [0.25, 0.3) is 0 Å². The third kappa shape index (κ3) is 9.11. The average Bonchev–Trinajstić information content (AvgIpc) is 2.57. The highest BCUT2D eigenvalue weighted by Crippen LogP contribution is 2.39. The molecule has 164 valence electrons. The van der Waals surface area contributed by atoms with Crippen molar-refractivity contribution in [3.63, 3.8) is 0 Å². The Morgan fingerprint density at radius 1 is 0.931 bits per heavy atom. The van der Waals surface area contributed by atoms with Crippen LogP contribution in [0.1, 0.15) is 71.6 Å². The van der Waals surface area contributed by atoms with Crippen LogP contribution in [0, 0.1) is 0 Å². The maximum Gasteiger partial charge on any atom is 0.306 e. The average molecular weight is 425 g/mol. The molecule has 0 atom stereocenters. The summed E-state index contributed by atoms with van der Waals surface area (Å²) in [7, 11) is 0. The Labute approximate surface area is 179 Å². The van der Waals surface area contributed by atoms with Crippen molar-refractivity contribution in [1.82, 2.24) is 0 Å². The van der Waals surface area contributed by atoms with Crippen LogP contribution in [-0.2, 0) is 36.3 Å². The molecule has 0 aliphatic heterocycles. The molecule has 1 aromatic carbocycles. The second kappa shape index (κ2) is 10.9. The fourth-order valence-electron chi connectivity index (χ4n) is 2.86. The van der Waals surface area contributed by atoms with Gasteiger partial charge >= 0.3 is 11.9 Å². The van der Waals surface area contributed by atoms with E-state index in [0.717, 1.165) is 16.7 Å². The van der Waals surface area contributed by atoms with E-state index in [2.05, 4.69) is 41.5 Å². The molecular weight excluding hydrogens is 388 g/mol. The normalized spacial score (nSPS) is 12.0. The van der Waals surface area contributed by atoms with E-state index in [1.807, 2.05) is 12.1 Å². The second-order valence-electron chi connectivity index (χ2n) is 9.21. The van der Waals surface area contributed by atoms with Crippen molar-refractivity contribution in [2.75, 3.05) is 24.7 Å². The minimum Gasteiger partial charge on any atom is -0.507 e. The Morgan fingerprint density at radius 2 is 1.41 bits per heavy atom. The van der Waals surface area contributed by atoms with Gasteiger partial charge in [-0.2, -0.15) is 11.8 Å². The zero-order valence-electron chi connectivity index (χ0n) is 18.9. The number of phenolic OH excluding ortho intramolecular Hbond substituents is 1. The van der Waals surface area contributed by atoms with Gasteiger partial charge in [-0.3, -0.25) is 9.59 Å². The maximum atomic E-state index is 12.1. The first-order chi connectivity index (χ1) is 13.3. The molecule has 0 fully saturated rings. The highest BCUT2D eigenvalue weighted by atomic mass is 32.2. The Balaban J connectivity index is 2.61. The monoisotopic (exact) mass is 424 g/mol. The molecule has 0 saturated carbocycles. The highest BCUT2D eigenvalue weighted by Gasteiger charge is 2.26. The SMILES string of the molecule is CC(=O)OCCSCCOC(=O)CCc1cc(C(C)(C)C)c(O)c(C(C)(C)C)c1. The van der Waals surface area contributed by atoms with Crippen LogP contribution in [0.4, 0.5) is 0 Å². The van der Waals surface area contributed by atoms with E-state index in [-0.39, 0.29) is 22.8 Å². The summed E-state index contributed by atoms with van der Waals surface area (Å²) in [6.45, 7) is 14.6. The summed E-state index contributed by atoms with van der Waals surface area (Å²) in [5.74, 6) is 1.20. The molecule has 5 nitrogen and oxygen atoms in total. The minimum absolute atomic E-state index is 0.191. The Morgan fingerprint density at radius 3 is 1.86 bits per heavy atom. The number of carbonyl (C=O) groups is 2. The third-order valence-corrected chi connectivity index (χ3v) is 5.34. The van der Waals surface area contributed by atoms with Gasteiger partial charge < -0.3 is 14.6 Å². The fourth-order valence-corrected chi connectivity index (χ4v) is 3.47. The Hall–Kier alpha value is -1.69. The number of carbonyl (C=O) groups excluding carboxylic acids is 2. The topological polar surface area (TPSA) is 72.8 Å². The lowest BCUT2D eigenvalue weighted by atomic mass is 9.78. The Bertz CT molecular complexity index is 663. The van der Waals surface area contributed by atoms with Gasteiger partial charge in [0.2, 0.25) is 0 Å². The lowest BCUT2D eigenvalue weighted by molar-refractivity contribution is -0.143. The van der Waals surface area contributed by atoms with Gasteiger partial charge in [0, 0.05) is 24.9 Å². The molecule has 1 N–H and O–H groups in total. The first-order valence-corrected chi connectivity index (χ1v) is 11.2. The van der Waals surface area contributed by atoms with E-state index in [4.69, 9.17) is 9.47 Å². The van der Waals surface area contributed by atoms with E-state index in [9.17, 15) is 14.7 Å². The predicted molar refractivity (Wildman–Crippen MR) is 119 cm³/mol. The minimum atomic E-state index is -0.282. The van der Waals surface area contributed by atoms with E-state index in [1.54, 1.807) is 11.8 Å². The molecule has 0 amide bonds. The van der Waals surface area contributed by atoms with Gasteiger partial charge in [0.15, 0.2) is 0 Å². The molecule has 0 saturated heterocycles. The van der Waals surface area contributed by atoms with Crippen molar-refractivity contribution in [3.05, 3.63) is 28.8 Å². The van der Waals surface area contributed by atoms with E-state index in [0.29, 0.717) is 43.3 Å². The molecule has 1 aromatic rings. The van der Waals surface area contributed by atoms with Crippen LogP contribution in [0.2, 0.25) is 0 Å². The molecule has 0 unspecified atom stereocenters. The number of thioether (sulfide) groups is 1. The molecule has 29 heavy (non-hydrogen) atoms. The van der Waals surface area contributed by atoms with Gasteiger partial charge in [0.05, 0.1) is 0 Å². The predicted octanol–water partition coefficient (Wildman–Crippen LogP) is 4.76. The van der Waals surface area contributed by atoms with E-state index in [1.165, 1.54) is 6.92 Å².